The van der Waals surface area contributed by atoms with Crippen LogP contribution in [0.1, 0.15) is 17.2 Å². The lowest BCUT2D eigenvalue weighted by Gasteiger charge is -2.27. The Labute approximate surface area is 183 Å². The number of benzene rings is 2. The Hall–Kier alpha value is -3.28. The molecular weight excluding hydrogens is 422 g/mol. The Morgan fingerprint density at radius 2 is 2.03 bits per heavy atom. The van der Waals surface area contributed by atoms with E-state index in [-0.39, 0.29) is 10.9 Å². The monoisotopic (exact) mass is 438 g/mol. The molecule has 30 heavy (non-hydrogen) atoms. The number of aliphatic carboxylic acids is 1. The van der Waals surface area contributed by atoms with Crippen LogP contribution in [-0.2, 0) is 9.59 Å². The van der Waals surface area contributed by atoms with E-state index in [9.17, 15) is 14.7 Å². The number of carbonyl (C=O) groups excluding carboxylic acids is 2. The molecule has 152 valence electrons. The molecule has 1 amide bonds. The topological polar surface area (TPSA) is 78.9 Å². The summed E-state index contributed by atoms with van der Waals surface area (Å²) in [5.74, 6) is 1.39. The number of amides is 1. The number of nitrogens with zero attached hydrogens (tertiary/aromatic N) is 1. The van der Waals surface area contributed by atoms with Crippen molar-refractivity contribution in [3.8, 4) is 23.8 Å². The fraction of sp³-hybridized carbons (Fsp3) is 0.136. The van der Waals surface area contributed by atoms with E-state index in [1.165, 1.54) is 7.11 Å². The van der Waals surface area contributed by atoms with Gasteiger partial charge in [-0.05, 0) is 29.3 Å². The van der Waals surface area contributed by atoms with Crippen LogP contribution >= 0.6 is 24.0 Å². The lowest BCUT2D eigenvalue weighted by Crippen LogP contribution is -2.43. The average molecular weight is 439 g/mol. The Kier molecular flexibility index (Phi) is 6.77. The number of rotatable bonds is 7. The maximum absolute atomic E-state index is 13.0. The maximum atomic E-state index is 13.0. The molecule has 1 aliphatic rings. The molecular formula is C22H16NO5S2-. The molecule has 0 unspecified atom stereocenters. The Morgan fingerprint density at radius 1 is 1.30 bits per heavy atom. The van der Waals surface area contributed by atoms with Crippen LogP contribution in [0.5, 0.6) is 11.5 Å². The minimum absolute atomic E-state index is 0.0957. The Bertz CT molecular complexity index is 1060. The van der Waals surface area contributed by atoms with Crippen molar-refractivity contribution < 1.29 is 24.2 Å². The van der Waals surface area contributed by atoms with Gasteiger partial charge in [0.2, 0.25) is 0 Å². The number of ether oxygens (including phenoxy) is 2. The SMILES string of the molecule is C#CCOc1ccc(/C=C2\SC(=S)N([C@H](C(=O)[O-])c3ccccc3)C2=O)cc1OC. The van der Waals surface area contributed by atoms with Gasteiger partial charge in [-0.2, -0.15) is 0 Å². The van der Waals surface area contributed by atoms with Gasteiger partial charge in [0.05, 0.1) is 18.0 Å². The van der Waals surface area contributed by atoms with E-state index in [0.29, 0.717) is 27.5 Å². The van der Waals surface area contributed by atoms with Crippen molar-refractivity contribution in [3.05, 3.63) is 64.6 Å². The van der Waals surface area contributed by atoms with Gasteiger partial charge in [-0.1, -0.05) is 66.3 Å². The third-order valence-corrected chi connectivity index (χ3v) is 5.55. The largest absolute Gasteiger partial charge is 0.547 e. The van der Waals surface area contributed by atoms with Gasteiger partial charge in [0.1, 0.15) is 17.0 Å². The number of methoxy groups -OCH3 is 1. The predicted octanol–water partition coefficient (Wildman–Crippen LogP) is 2.40. The molecule has 0 saturated carbocycles. The number of hydrogen-bond acceptors (Lipinski definition) is 7. The summed E-state index contributed by atoms with van der Waals surface area (Å²) in [7, 11) is 1.49. The minimum atomic E-state index is -1.41. The third kappa shape index (κ3) is 4.48. The van der Waals surface area contributed by atoms with E-state index < -0.39 is 17.9 Å². The smallest absolute Gasteiger partial charge is 0.267 e. The second kappa shape index (κ2) is 9.48. The van der Waals surface area contributed by atoms with Gasteiger partial charge in [0.25, 0.3) is 5.91 Å². The molecule has 1 fully saturated rings. The van der Waals surface area contributed by atoms with E-state index in [0.717, 1.165) is 16.7 Å². The molecule has 3 rings (SSSR count). The number of thiocarbonyl (C=S) groups is 1. The number of hydrogen-bond donors (Lipinski definition) is 0. The number of terminal acetylenes is 1. The van der Waals surface area contributed by atoms with E-state index in [1.54, 1.807) is 54.6 Å². The highest BCUT2D eigenvalue weighted by atomic mass is 32.2. The van der Waals surface area contributed by atoms with Gasteiger partial charge in [0, 0.05) is 0 Å². The van der Waals surface area contributed by atoms with E-state index in [2.05, 4.69) is 5.92 Å². The second-order valence-electron chi connectivity index (χ2n) is 6.09. The molecule has 1 heterocycles. The summed E-state index contributed by atoms with van der Waals surface area (Å²) in [6, 6.07) is 12.1. The highest BCUT2D eigenvalue weighted by molar-refractivity contribution is 8.26. The third-order valence-electron chi connectivity index (χ3n) is 4.22. The summed E-state index contributed by atoms with van der Waals surface area (Å²) in [4.78, 5) is 26.2. The van der Waals surface area contributed by atoms with Crippen LogP contribution in [0.25, 0.3) is 6.08 Å². The van der Waals surface area contributed by atoms with Crippen molar-refractivity contribution >= 4 is 46.3 Å². The zero-order chi connectivity index (χ0) is 21.7. The summed E-state index contributed by atoms with van der Waals surface area (Å²) >= 11 is 6.32. The quantitative estimate of drug-likeness (QED) is 0.373. The van der Waals surface area contributed by atoms with Crippen molar-refractivity contribution in [2.45, 2.75) is 6.04 Å². The highest BCUT2D eigenvalue weighted by Gasteiger charge is 2.38. The molecule has 8 heteroatoms. The van der Waals surface area contributed by atoms with Crippen LogP contribution in [0.15, 0.2) is 53.4 Å². The number of carbonyl (C=O) groups is 2. The first-order valence-electron chi connectivity index (χ1n) is 8.73. The Balaban J connectivity index is 1.91. The minimum Gasteiger partial charge on any atom is -0.547 e. The molecule has 1 aliphatic heterocycles. The molecule has 0 spiro atoms. The molecule has 0 aliphatic carbocycles. The first kappa shape index (κ1) is 21.4. The molecule has 0 aromatic heterocycles. The van der Waals surface area contributed by atoms with E-state index in [4.69, 9.17) is 28.1 Å². The molecule has 1 saturated heterocycles. The Morgan fingerprint density at radius 3 is 2.67 bits per heavy atom. The average Bonchev–Trinajstić information content (AvgIpc) is 3.01. The van der Waals surface area contributed by atoms with Gasteiger partial charge in [0.15, 0.2) is 11.5 Å². The van der Waals surface area contributed by atoms with Gasteiger partial charge in [-0.15, -0.1) is 6.42 Å². The summed E-state index contributed by atoms with van der Waals surface area (Å²) < 4.78 is 10.9. The highest BCUT2D eigenvalue weighted by Crippen LogP contribution is 2.39. The maximum Gasteiger partial charge on any atom is 0.267 e. The van der Waals surface area contributed by atoms with Crippen molar-refractivity contribution in [1.29, 1.82) is 0 Å². The van der Waals surface area contributed by atoms with E-state index >= 15 is 0 Å². The second-order valence-corrected chi connectivity index (χ2v) is 7.76. The van der Waals surface area contributed by atoms with Crippen LogP contribution in [0.4, 0.5) is 0 Å². The predicted molar refractivity (Wildman–Crippen MR) is 117 cm³/mol. The van der Waals surface area contributed by atoms with Gasteiger partial charge >= 0.3 is 0 Å². The molecule has 1 atom stereocenters. The first-order chi connectivity index (χ1) is 14.5. The number of thioether (sulfide) groups is 1. The first-order valence-corrected chi connectivity index (χ1v) is 9.96. The lowest BCUT2D eigenvalue weighted by molar-refractivity contribution is -0.310. The lowest BCUT2D eigenvalue weighted by atomic mass is 10.1. The number of carboxylic acid groups (broad SMARTS) is 1. The fourth-order valence-electron chi connectivity index (χ4n) is 2.89. The van der Waals surface area contributed by atoms with Crippen LogP contribution in [0.3, 0.4) is 0 Å². The van der Waals surface area contributed by atoms with Crippen molar-refractivity contribution in [2.75, 3.05) is 13.7 Å². The van der Waals surface area contributed by atoms with Crippen LogP contribution in [0.2, 0.25) is 0 Å². The summed E-state index contributed by atoms with van der Waals surface area (Å²) in [5, 5.41) is 11.8. The molecule has 0 bridgehead atoms. The normalized spacial score (nSPS) is 15.7. The van der Waals surface area contributed by atoms with E-state index in [1.807, 2.05) is 0 Å². The molecule has 0 N–H and O–H groups in total. The van der Waals surface area contributed by atoms with Crippen molar-refractivity contribution in [2.24, 2.45) is 0 Å². The van der Waals surface area contributed by atoms with Crippen LogP contribution < -0.4 is 14.6 Å². The zero-order valence-electron chi connectivity index (χ0n) is 15.9. The molecule has 6 nitrogen and oxygen atoms in total. The van der Waals surface area contributed by atoms with Gasteiger partial charge in [-0.3, -0.25) is 9.69 Å². The molecule has 0 radical (unpaired) electrons. The summed E-state index contributed by atoms with van der Waals surface area (Å²) in [6.45, 7) is 0.0957. The van der Waals surface area contributed by atoms with Gasteiger partial charge in [-0.25, -0.2) is 0 Å². The van der Waals surface area contributed by atoms with Crippen LogP contribution in [0, 0.1) is 12.3 Å². The molecule has 2 aromatic rings. The summed E-state index contributed by atoms with van der Waals surface area (Å²) in [5.41, 5.74) is 1.07. The summed E-state index contributed by atoms with van der Waals surface area (Å²) in [6.07, 6.45) is 6.82. The zero-order valence-corrected chi connectivity index (χ0v) is 17.5. The van der Waals surface area contributed by atoms with Gasteiger partial charge < -0.3 is 19.4 Å². The number of carboxylic acids is 1. The van der Waals surface area contributed by atoms with Crippen molar-refractivity contribution in [3.63, 3.8) is 0 Å². The fourth-order valence-corrected chi connectivity index (χ4v) is 4.21. The van der Waals surface area contributed by atoms with Crippen molar-refractivity contribution in [1.82, 2.24) is 4.90 Å². The molecule has 2 aromatic carbocycles. The van der Waals surface area contributed by atoms with Crippen LogP contribution in [-0.4, -0.2) is 34.8 Å². The standard InChI is InChI=1S/C22H17NO5S2/c1-3-11-28-16-10-9-14(12-17(16)27-2)13-18-20(24)23(22(29)30-18)19(21(25)26)15-7-5-4-6-8-15/h1,4-10,12-13,19H,11H2,2H3,(H,25,26)/p-1/b18-13-/t19-/m0/s1.